The lowest BCUT2D eigenvalue weighted by Gasteiger charge is -2.61. The van der Waals surface area contributed by atoms with Crippen LogP contribution in [0.25, 0.3) is 44.2 Å². The third-order valence-electron chi connectivity index (χ3n) is 12.6. The van der Waals surface area contributed by atoms with E-state index in [1.165, 1.54) is 60.0 Å². The molecule has 0 N–H and O–H groups in total. The number of fused-ring (bicyclic) bond motifs is 6. The molecule has 0 aliphatic heterocycles. The molecule has 2 nitrogen and oxygen atoms in total. The Morgan fingerprint density at radius 1 is 0.500 bits per heavy atom. The van der Waals surface area contributed by atoms with Gasteiger partial charge in [0.1, 0.15) is 11.2 Å². The molecule has 7 aromatic rings. The topological polar surface area (TPSA) is 16.4 Å². The van der Waals surface area contributed by atoms with Crippen molar-refractivity contribution in [2.24, 2.45) is 23.7 Å². The summed E-state index contributed by atoms with van der Waals surface area (Å²) < 4.78 is 6.42. The number of hydrogen-bond acceptors (Lipinski definition) is 2. The van der Waals surface area contributed by atoms with E-state index in [-0.39, 0.29) is 5.41 Å². The molecule has 4 fully saturated rings. The van der Waals surface area contributed by atoms with E-state index in [0.717, 1.165) is 57.0 Å². The van der Waals surface area contributed by atoms with Crippen LogP contribution in [-0.2, 0) is 5.41 Å². The maximum absolute atomic E-state index is 6.42. The van der Waals surface area contributed by atoms with E-state index in [2.05, 4.69) is 144 Å². The predicted molar refractivity (Wildman–Crippen MR) is 197 cm³/mol. The minimum absolute atomic E-state index is 0.167. The molecule has 0 unspecified atom stereocenters. The number of hydrogen-bond donors (Lipinski definition) is 0. The van der Waals surface area contributed by atoms with Gasteiger partial charge in [-0.05, 0) is 132 Å². The van der Waals surface area contributed by atoms with E-state index >= 15 is 0 Å². The van der Waals surface area contributed by atoms with Crippen molar-refractivity contribution < 1.29 is 4.42 Å². The molecule has 2 heteroatoms. The van der Waals surface area contributed by atoms with Gasteiger partial charge in [0.25, 0.3) is 0 Å². The fraction of sp³-hybridized carbons (Fsp3) is 0.217. The summed E-state index contributed by atoms with van der Waals surface area (Å²) in [6, 6.07) is 51.6. The maximum atomic E-state index is 6.42. The summed E-state index contributed by atoms with van der Waals surface area (Å²) in [4.78, 5) is 2.46. The molecule has 0 radical (unpaired) electrons. The Bertz CT molecular complexity index is 2340. The van der Waals surface area contributed by atoms with Crippen LogP contribution in [-0.4, -0.2) is 0 Å². The first kappa shape index (κ1) is 26.9. The van der Waals surface area contributed by atoms with Crippen molar-refractivity contribution in [3.05, 3.63) is 151 Å². The highest BCUT2D eigenvalue weighted by molar-refractivity contribution is 6.13. The van der Waals surface area contributed by atoms with Crippen LogP contribution in [0, 0.1) is 23.7 Å². The molecule has 1 aromatic heterocycles. The first-order valence-electron chi connectivity index (χ1n) is 17.9. The van der Waals surface area contributed by atoms with Crippen LogP contribution in [0.3, 0.4) is 0 Å². The van der Waals surface area contributed by atoms with Gasteiger partial charge in [-0.1, -0.05) is 97.1 Å². The number of rotatable bonds is 4. The Kier molecular flexibility index (Phi) is 5.59. The standard InChI is InChI=1S/C46H37NO/c1-2-9-31(10-3-1)32-17-19-35(20-18-32)47(42-14-8-16-44-45(42)38-12-5-7-15-43(38)48-44)36-21-22-41-39(28-36)37-11-4-6-13-40(37)46(41)33-24-29-23-30(26-33)27-34(46)25-29/h1-22,28-30,33-34H,23-27H2. The van der Waals surface area contributed by atoms with Crippen LogP contribution in [0.1, 0.15) is 43.2 Å². The van der Waals surface area contributed by atoms with E-state index in [1.54, 1.807) is 11.1 Å². The zero-order valence-corrected chi connectivity index (χ0v) is 27.0. The molecule has 12 rings (SSSR count). The highest BCUT2D eigenvalue weighted by Crippen LogP contribution is 2.69. The van der Waals surface area contributed by atoms with Gasteiger partial charge < -0.3 is 9.32 Å². The maximum Gasteiger partial charge on any atom is 0.137 e. The van der Waals surface area contributed by atoms with Crippen LogP contribution < -0.4 is 4.90 Å². The van der Waals surface area contributed by atoms with Crippen molar-refractivity contribution in [2.45, 2.75) is 37.5 Å². The molecule has 48 heavy (non-hydrogen) atoms. The first-order chi connectivity index (χ1) is 23.8. The number of anilines is 3. The van der Waals surface area contributed by atoms with Gasteiger partial charge in [-0.15, -0.1) is 0 Å². The molecule has 0 saturated heterocycles. The van der Waals surface area contributed by atoms with Gasteiger partial charge in [0, 0.05) is 22.2 Å². The molecule has 6 aromatic carbocycles. The lowest BCUT2D eigenvalue weighted by Crippen LogP contribution is -2.55. The number of para-hydroxylation sites is 1. The van der Waals surface area contributed by atoms with Crippen molar-refractivity contribution in [3.63, 3.8) is 0 Å². The first-order valence-corrected chi connectivity index (χ1v) is 17.9. The lowest BCUT2D eigenvalue weighted by molar-refractivity contribution is -0.0399. The second-order valence-electron chi connectivity index (χ2n) is 14.9. The number of furan rings is 1. The van der Waals surface area contributed by atoms with E-state index < -0.39 is 0 Å². The van der Waals surface area contributed by atoms with Crippen LogP contribution in [0.2, 0.25) is 0 Å². The average molecular weight is 620 g/mol. The summed E-state index contributed by atoms with van der Waals surface area (Å²) in [6.07, 6.45) is 7.08. The average Bonchev–Trinajstić information content (AvgIpc) is 3.66. The second kappa shape index (κ2) is 9.97. The fourth-order valence-corrected chi connectivity index (χ4v) is 11.1. The lowest BCUT2D eigenvalue weighted by atomic mass is 9.43. The molecule has 0 amide bonds. The zero-order chi connectivity index (χ0) is 31.4. The molecule has 1 spiro atoms. The molecule has 1 heterocycles. The molecule has 0 atom stereocenters. The van der Waals surface area contributed by atoms with Gasteiger partial charge in [-0.25, -0.2) is 0 Å². The minimum atomic E-state index is 0.167. The number of nitrogens with zero attached hydrogens (tertiary/aromatic N) is 1. The van der Waals surface area contributed by atoms with Crippen LogP contribution in [0.5, 0.6) is 0 Å². The van der Waals surface area contributed by atoms with Crippen molar-refractivity contribution in [2.75, 3.05) is 4.90 Å². The second-order valence-corrected chi connectivity index (χ2v) is 14.9. The summed E-state index contributed by atoms with van der Waals surface area (Å²) >= 11 is 0. The summed E-state index contributed by atoms with van der Waals surface area (Å²) in [5, 5.41) is 2.30. The van der Waals surface area contributed by atoms with Gasteiger partial charge in [0.15, 0.2) is 0 Å². The summed E-state index contributed by atoms with van der Waals surface area (Å²) in [5.41, 5.74) is 14.0. The SMILES string of the molecule is c1ccc(-c2ccc(N(c3ccc4c(c3)-c3ccccc3C43C4CC5CC(C4)CC3C5)c3cccc4oc5ccccc5c34)cc2)cc1. The van der Waals surface area contributed by atoms with Gasteiger partial charge in [-0.2, -0.15) is 0 Å². The van der Waals surface area contributed by atoms with E-state index in [1.807, 2.05) is 0 Å². The third-order valence-corrected chi connectivity index (χ3v) is 12.6. The molecule has 5 aliphatic carbocycles. The predicted octanol–water partition coefficient (Wildman–Crippen LogP) is 12.4. The van der Waals surface area contributed by atoms with Crippen LogP contribution in [0.15, 0.2) is 144 Å². The summed E-state index contributed by atoms with van der Waals surface area (Å²) in [5.74, 6) is 3.39. The fourth-order valence-electron chi connectivity index (χ4n) is 11.1. The molecule has 4 bridgehead atoms. The van der Waals surface area contributed by atoms with Crippen molar-refractivity contribution in [1.82, 2.24) is 0 Å². The van der Waals surface area contributed by atoms with Gasteiger partial charge in [-0.3, -0.25) is 0 Å². The molecule has 4 saturated carbocycles. The van der Waals surface area contributed by atoms with Gasteiger partial charge in [0.2, 0.25) is 0 Å². The quantitative estimate of drug-likeness (QED) is 0.195. The van der Waals surface area contributed by atoms with E-state index in [9.17, 15) is 0 Å². The molecular formula is C46H37NO. The Morgan fingerprint density at radius 2 is 1.15 bits per heavy atom. The van der Waals surface area contributed by atoms with Gasteiger partial charge in [0.05, 0.1) is 11.1 Å². The summed E-state index contributed by atoms with van der Waals surface area (Å²) in [6.45, 7) is 0. The third kappa shape index (κ3) is 3.64. The van der Waals surface area contributed by atoms with Crippen molar-refractivity contribution >= 4 is 39.0 Å². The largest absolute Gasteiger partial charge is 0.456 e. The zero-order valence-electron chi connectivity index (χ0n) is 27.0. The van der Waals surface area contributed by atoms with E-state index in [0.29, 0.717) is 0 Å². The van der Waals surface area contributed by atoms with Crippen molar-refractivity contribution in [3.8, 4) is 22.3 Å². The highest BCUT2D eigenvalue weighted by Gasteiger charge is 2.61. The Balaban J connectivity index is 1.13. The van der Waals surface area contributed by atoms with Crippen LogP contribution >= 0.6 is 0 Å². The van der Waals surface area contributed by atoms with Gasteiger partial charge >= 0.3 is 0 Å². The Labute approximate surface area is 281 Å². The normalized spacial score (nSPS) is 24.8. The Morgan fingerprint density at radius 3 is 1.96 bits per heavy atom. The molecule has 5 aliphatic rings. The highest BCUT2D eigenvalue weighted by atomic mass is 16.3. The summed E-state index contributed by atoms with van der Waals surface area (Å²) in [7, 11) is 0. The monoisotopic (exact) mass is 619 g/mol. The van der Waals surface area contributed by atoms with Crippen LogP contribution in [0.4, 0.5) is 17.1 Å². The van der Waals surface area contributed by atoms with Crippen molar-refractivity contribution in [1.29, 1.82) is 0 Å². The minimum Gasteiger partial charge on any atom is -0.456 e. The molecule has 232 valence electrons. The number of benzene rings is 6. The smallest absolute Gasteiger partial charge is 0.137 e. The van der Waals surface area contributed by atoms with E-state index in [4.69, 9.17) is 4.42 Å². The Hall–Kier alpha value is -5.08. The molecular weight excluding hydrogens is 583 g/mol.